The van der Waals surface area contributed by atoms with E-state index in [0.717, 1.165) is 44.5 Å². The summed E-state index contributed by atoms with van der Waals surface area (Å²) in [7, 11) is 3.05. The van der Waals surface area contributed by atoms with Gasteiger partial charge in [0, 0.05) is 19.0 Å². The van der Waals surface area contributed by atoms with Crippen LogP contribution in [0.25, 0.3) is 0 Å². The van der Waals surface area contributed by atoms with Gasteiger partial charge in [-0.2, -0.15) is 0 Å². The summed E-state index contributed by atoms with van der Waals surface area (Å²) in [6.45, 7) is 5.12. The van der Waals surface area contributed by atoms with Gasteiger partial charge in [-0.1, -0.05) is 6.92 Å². The zero-order valence-corrected chi connectivity index (χ0v) is 13.7. The fourth-order valence-electron chi connectivity index (χ4n) is 3.18. The molecule has 2 atom stereocenters. The lowest BCUT2D eigenvalue weighted by Crippen LogP contribution is -2.44. The molecule has 1 aromatic rings. The van der Waals surface area contributed by atoms with Gasteiger partial charge in [0.25, 0.3) is 0 Å². The van der Waals surface area contributed by atoms with E-state index < -0.39 is 0 Å². The van der Waals surface area contributed by atoms with Crippen molar-refractivity contribution in [2.45, 2.75) is 32.3 Å². The number of aliphatic hydroxyl groups excluding tert-OH is 1. The van der Waals surface area contributed by atoms with Crippen molar-refractivity contribution < 1.29 is 19.7 Å². The predicted octanol–water partition coefficient (Wildman–Crippen LogP) is 2.04. The molecule has 5 nitrogen and oxygen atoms in total. The summed E-state index contributed by atoms with van der Waals surface area (Å²) in [5.74, 6) is 1.03. The Labute approximate surface area is 132 Å². The van der Waals surface area contributed by atoms with Crippen LogP contribution in [0.2, 0.25) is 0 Å². The first-order valence-corrected chi connectivity index (χ1v) is 7.93. The number of nitrogens with zero attached hydrogens (tertiary/aromatic N) is 1. The number of ether oxygens (including phenoxy) is 2. The summed E-state index contributed by atoms with van der Waals surface area (Å²) in [5.41, 5.74) is 1.01. The van der Waals surface area contributed by atoms with Crippen molar-refractivity contribution in [1.29, 1.82) is 0 Å². The Hall–Kier alpha value is -1.46. The Morgan fingerprint density at radius 3 is 2.41 bits per heavy atom. The standard InChI is InChI=1S/C17H27NO4/c1-4-6-18-7-5-14(19)13(11-18)8-12-9-15(21-2)17(20)16(10-12)22-3/h9-10,13-14,19-20H,4-8,11H2,1-3H3. The van der Waals surface area contributed by atoms with E-state index in [1.165, 1.54) is 14.2 Å². The number of phenolic OH excluding ortho intramolecular Hbond substituents is 1. The zero-order chi connectivity index (χ0) is 16.1. The third-order valence-electron chi connectivity index (χ3n) is 4.36. The SMILES string of the molecule is CCCN1CCC(O)C(Cc2cc(OC)c(O)c(OC)c2)C1. The maximum atomic E-state index is 10.3. The van der Waals surface area contributed by atoms with Crippen LogP contribution in [0.3, 0.4) is 0 Å². The number of hydrogen-bond acceptors (Lipinski definition) is 5. The van der Waals surface area contributed by atoms with Gasteiger partial charge in [-0.05, 0) is 43.5 Å². The zero-order valence-electron chi connectivity index (χ0n) is 13.7. The molecule has 2 rings (SSSR count). The minimum atomic E-state index is -0.279. The van der Waals surface area contributed by atoms with Crippen molar-refractivity contribution in [2.24, 2.45) is 5.92 Å². The highest BCUT2D eigenvalue weighted by molar-refractivity contribution is 5.52. The lowest BCUT2D eigenvalue weighted by Gasteiger charge is -2.36. The van der Waals surface area contributed by atoms with E-state index in [9.17, 15) is 10.2 Å². The van der Waals surface area contributed by atoms with Gasteiger partial charge in [-0.3, -0.25) is 0 Å². The molecular weight excluding hydrogens is 282 g/mol. The van der Waals surface area contributed by atoms with E-state index in [1.54, 1.807) is 0 Å². The number of methoxy groups -OCH3 is 2. The molecule has 0 spiro atoms. The summed E-state index contributed by atoms with van der Waals surface area (Å²) in [5, 5.41) is 20.3. The molecule has 0 radical (unpaired) electrons. The Morgan fingerprint density at radius 2 is 1.86 bits per heavy atom. The third kappa shape index (κ3) is 3.84. The monoisotopic (exact) mass is 309 g/mol. The fraction of sp³-hybridized carbons (Fsp3) is 0.647. The van der Waals surface area contributed by atoms with E-state index in [1.807, 2.05) is 12.1 Å². The third-order valence-corrected chi connectivity index (χ3v) is 4.36. The molecule has 0 amide bonds. The number of likely N-dealkylation sites (tertiary alicyclic amines) is 1. The Balaban J connectivity index is 2.14. The van der Waals surface area contributed by atoms with Crippen LogP contribution < -0.4 is 9.47 Å². The summed E-state index contributed by atoms with van der Waals surface area (Å²) >= 11 is 0. The number of piperidine rings is 1. The number of phenols is 1. The molecule has 124 valence electrons. The van der Waals surface area contributed by atoms with Crippen molar-refractivity contribution in [1.82, 2.24) is 4.90 Å². The lowest BCUT2D eigenvalue weighted by atomic mass is 9.88. The van der Waals surface area contributed by atoms with E-state index in [2.05, 4.69) is 11.8 Å². The minimum absolute atomic E-state index is 0.0190. The maximum absolute atomic E-state index is 10.3. The van der Waals surface area contributed by atoms with Crippen LogP contribution in [0.5, 0.6) is 17.2 Å². The van der Waals surface area contributed by atoms with Crippen molar-refractivity contribution in [3.63, 3.8) is 0 Å². The molecule has 2 N–H and O–H groups in total. The molecule has 0 aromatic heterocycles. The highest BCUT2D eigenvalue weighted by Crippen LogP contribution is 2.38. The topological polar surface area (TPSA) is 62.2 Å². The van der Waals surface area contributed by atoms with E-state index in [4.69, 9.17) is 9.47 Å². The molecule has 0 bridgehead atoms. The van der Waals surface area contributed by atoms with Gasteiger partial charge in [-0.25, -0.2) is 0 Å². The summed E-state index contributed by atoms with van der Waals surface area (Å²) in [4.78, 5) is 2.41. The molecule has 1 aromatic carbocycles. The Morgan fingerprint density at radius 1 is 1.23 bits per heavy atom. The quantitative estimate of drug-likeness (QED) is 0.842. The van der Waals surface area contributed by atoms with Crippen molar-refractivity contribution >= 4 is 0 Å². The molecule has 0 aliphatic carbocycles. The van der Waals surface area contributed by atoms with Crippen LogP contribution in [0.1, 0.15) is 25.3 Å². The van der Waals surface area contributed by atoms with Gasteiger partial charge in [0.15, 0.2) is 11.5 Å². The normalized spacial score (nSPS) is 22.5. The Bertz CT molecular complexity index is 467. The van der Waals surface area contributed by atoms with Gasteiger partial charge in [0.2, 0.25) is 5.75 Å². The molecule has 22 heavy (non-hydrogen) atoms. The van der Waals surface area contributed by atoms with Gasteiger partial charge in [-0.15, -0.1) is 0 Å². The summed E-state index contributed by atoms with van der Waals surface area (Å²) < 4.78 is 10.4. The second kappa shape index (κ2) is 7.70. The summed E-state index contributed by atoms with van der Waals surface area (Å²) in [6.07, 6.45) is 2.41. The van der Waals surface area contributed by atoms with Crippen molar-refractivity contribution in [3.05, 3.63) is 17.7 Å². The van der Waals surface area contributed by atoms with Crippen LogP contribution in [0, 0.1) is 5.92 Å². The number of aromatic hydroxyl groups is 1. The van der Waals surface area contributed by atoms with Crippen LogP contribution in [0.4, 0.5) is 0 Å². The number of hydrogen-bond donors (Lipinski definition) is 2. The molecule has 0 saturated carbocycles. The van der Waals surface area contributed by atoms with Crippen LogP contribution in [-0.2, 0) is 6.42 Å². The molecule has 1 aliphatic heterocycles. The molecule has 2 unspecified atom stereocenters. The largest absolute Gasteiger partial charge is 0.502 e. The van der Waals surface area contributed by atoms with Crippen LogP contribution in [0.15, 0.2) is 12.1 Å². The van der Waals surface area contributed by atoms with Crippen molar-refractivity contribution in [3.8, 4) is 17.2 Å². The maximum Gasteiger partial charge on any atom is 0.200 e. The van der Waals surface area contributed by atoms with E-state index >= 15 is 0 Å². The van der Waals surface area contributed by atoms with Gasteiger partial charge >= 0.3 is 0 Å². The van der Waals surface area contributed by atoms with E-state index in [-0.39, 0.29) is 17.8 Å². The average molecular weight is 309 g/mol. The molecule has 1 saturated heterocycles. The molecular formula is C17H27NO4. The minimum Gasteiger partial charge on any atom is -0.502 e. The second-order valence-electron chi connectivity index (χ2n) is 5.97. The number of rotatable bonds is 6. The molecule has 1 fully saturated rings. The molecule has 5 heteroatoms. The fourth-order valence-corrected chi connectivity index (χ4v) is 3.18. The highest BCUT2D eigenvalue weighted by atomic mass is 16.5. The van der Waals surface area contributed by atoms with E-state index in [0.29, 0.717) is 11.5 Å². The van der Waals surface area contributed by atoms with Crippen molar-refractivity contribution in [2.75, 3.05) is 33.9 Å². The highest BCUT2D eigenvalue weighted by Gasteiger charge is 2.28. The molecule has 1 aliphatic rings. The first-order chi connectivity index (χ1) is 10.6. The Kier molecular flexibility index (Phi) is 5.91. The summed E-state index contributed by atoms with van der Waals surface area (Å²) in [6, 6.07) is 3.65. The van der Waals surface area contributed by atoms with Crippen LogP contribution in [-0.4, -0.2) is 55.1 Å². The van der Waals surface area contributed by atoms with Crippen LogP contribution >= 0.6 is 0 Å². The lowest BCUT2D eigenvalue weighted by molar-refractivity contribution is 0.0270. The van der Waals surface area contributed by atoms with Gasteiger partial charge < -0.3 is 24.6 Å². The second-order valence-corrected chi connectivity index (χ2v) is 5.97. The van der Waals surface area contributed by atoms with Gasteiger partial charge in [0.1, 0.15) is 0 Å². The first kappa shape index (κ1) is 16.9. The number of benzene rings is 1. The number of aliphatic hydroxyl groups is 1. The van der Waals surface area contributed by atoms with Gasteiger partial charge in [0.05, 0.1) is 20.3 Å². The average Bonchev–Trinajstić information content (AvgIpc) is 2.52. The smallest absolute Gasteiger partial charge is 0.200 e. The molecule has 1 heterocycles. The predicted molar refractivity (Wildman–Crippen MR) is 85.8 cm³/mol. The first-order valence-electron chi connectivity index (χ1n) is 7.93.